The Kier molecular flexibility index (Phi) is 4.93. The summed E-state index contributed by atoms with van der Waals surface area (Å²) in [4.78, 5) is 16.0. The summed E-state index contributed by atoms with van der Waals surface area (Å²) in [5, 5.41) is 6.61. The van der Waals surface area contributed by atoms with Gasteiger partial charge in [0.15, 0.2) is 0 Å². The van der Waals surface area contributed by atoms with Gasteiger partial charge in [-0.2, -0.15) is 0 Å². The van der Waals surface area contributed by atoms with Crippen molar-refractivity contribution in [2.75, 3.05) is 0 Å². The molecule has 0 aliphatic rings. The van der Waals surface area contributed by atoms with Crippen LogP contribution in [0.1, 0.15) is 22.7 Å². The Morgan fingerprint density at radius 3 is 2.74 bits per heavy atom. The third-order valence-electron chi connectivity index (χ3n) is 2.64. The van der Waals surface area contributed by atoms with Gasteiger partial charge in [-0.25, -0.2) is 4.98 Å². The summed E-state index contributed by atoms with van der Waals surface area (Å²) in [7, 11) is 0. The van der Waals surface area contributed by atoms with E-state index in [-0.39, 0.29) is 5.91 Å². The minimum Gasteiger partial charge on any atom is -0.352 e. The van der Waals surface area contributed by atoms with Gasteiger partial charge in [0.05, 0.1) is 5.01 Å². The third-order valence-corrected chi connectivity index (χ3v) is 3.91. The zero-order valence-electron chi connectivity index (χ0n) is 10.6. The number of carbonyl (C=O) groups is 1. The second-order valence-electron chi connectivity index (χ2n) is 4.29. The van der Waals surface area contributed by atoms with Gasteiger partial charge < -0.3 is 5.32 Å². The molecular formula is C14H15ClN2OS. The van der Waals surface area contributed by atoms with E-state index in [0.29, 0.717) is 24.4 Å². The molecule has 100 valence electrons. The predicted molar refractivity (Wildman–Crippen MR) is 78.5 cm³/mol. The summed E-state index contributed by atoms with van der Waals surface area (Å²) >= 11 is 7.40. The van der Waals surface area contributed by atoms with Crippen LogP contribution in [0.25, 0.3) is 0 Å². The lowest BCUT2D eigenvalue weighted by Gasteiger charge is -2.04. The van der Waals surface area contributed by atoms with Crippen LogP contribution in [0.15, 0.2) is 29.6 Å². The molecule has 2 aromatic rings. The van der Waals surface area contributed by atoms with Crippen molar-refractivity contribution in [1.82, 2.24) is 10.3 Å². The van der Waals surface area contributed by atoms with E-state index in [1.54, 1.807) is 11.3 Å². The summed E-state index contributed by atoms with van der Waals surface area (Å²) in [6, 6.07) is 7.46. The number of aryl methyl sites for hydroxylation is 2. The van der Waals surface area contributed by atoms with Gasteiger partial charge in [0.1, 0.15) is 0 Å². The van der Waals surface area contributed by atoms with E-state index >= 15 is 0 Å². The Hall–Kier alpha value is -1.39. The molecule has 2 rings (SSSR count). The fourth-order valence-electron chi connectivity index (χ4n) is 1.63. The van der Waals surface area contributed by atoms with Crippen molar-refractivity contribution in [3.63, 3.8) is 0 Å². The van der Waals surface area contributed by atoms with Crippen molar-refractivity contribution in [2.24, 2.45) is 0 Å². The first kappa shape index (κ1) is 14.0. The molecule has 0 fully saturated rings. The molecule has 0 bridgehead atoms. The van der Waals surface area contributed by atoms with Gasteiger partial charge >= 0.3 is 0 Å². The van der Waals surface area contributed by atoms with Crippen LogP contribution < -0.4 is 5.32 Å². The largest absolute Gasteiger partial charge is 0.352 e. The number of benzene rings is 1. The summed E-state index contributed by atoms with van der Waals surface area (Å²) in [5.74, 6) is 0.0443. The maximum Gasteiger partial charge on any atom is 0.220 e. The third kappa shape index (κ3) is 4.65. The lowest BCUT2D eigenvalue weighted by Crippen LogP contribution is -2.22. The Morgan fingerprint density at radius 2 is 2.11 bits per heavy atom. The number of halogens is 1. The minimum absolute atomic E-state index is 0.0443. The van der Waals surface area contributed by atoms with Gasteiger partial charge in [0.2, 0.25) is 5.91 Å². The number of nitrogens with one attached hydrogen (secondary N) is 1. The van der Waals surface area contributed by atoms with Crippen LogP contribution >= 0.6 is 22.9 Å². The second kappa shape index (κ2) is 6.68. The Balaban J connectivity index is 1.74. The average molecular weight is 295 g/mol. The fraction of sp³-hybridized carbons (Fsp3) is 0.286. The van der Waals surface area contributed by atoms with Crippen LogP contribution in [0.3, 0.4) is 0 Å². The molecule has 1 amide bonds. The average Bonchev–Trinajstić information content (AvgIpc) is 2.81. The highest BCUT2D eigenvalue weighted by molar-refractivity contribution is 7.09. The summed E-state index contributed by atoms with van der Waals surface area (Å²) in [5.41, 5.74) is 2.06. The van der Waals surface area contributed by atoms with E-state index in [9.17, 15) is 4.79 Å². The number of hydrogen-bond donors (Lipinski definition) is 1. The molecule has 0 spiro atoms. The lowest BCUT2D eigenvalue weighted by atomic mass is 10.2. The Bertz CT molecular complexity index is 551. The summed E-state index contributed by atoms with van der Waals surface area (Å²) in [6.45, 7) is 2.49. The quantitative estimate of drug-likeness (QED) is 0.919. The standard InChI is InChI=1S/C14H15ClN2OS/c1-10-9-19-14(17-10)7-6-13(18)16-8-11-2-4-12(15)5-3-11/h2-5,9H,6-8H2,1H3,(H,16,18). The highest BCUT2D eigenvalue weighted by atomic mass is 35.5. The van der Waals surface area contributed by atoms with Crippen molar-refractivity contribution in [2.45, 2.75) is 26.3 Å². The van der Waals surface area contributed by atoms with Gasteiger partial charge in [-0.05, 0) is 24.6 Å². The normalized spacial score (nSPS) is 10.4. The molecule has 0 radical (unpaired) electrons. The maximum atomic E-state index is 11.7. The predicted octanol–water partition coefficient (Wildman–Crippen LogP) is 3.35. The van der Waals surface area contributed by atoms with Crippen LogP contribution in [-0.2, 0) is 17.8 Å². The lowest BCUT2D eigenvalue weighted by molar-refractivity contribution is -0.121. The van der Waals surface area contributed by atoms with Gasteiger partial charge in [-0.15, -0.1) is 11.3 Å². The molecule has 0 saturated heterocycles. The van der Waals surface area contributed by atoms with E-state index in [1.165, 1.54) is 0 Å². The van der Waals surface area contributed by atoms with Crippen molar-refractivity contribution in [3.05, 3.63) is 50.9 Å². The first-order chi connectivity index (χ1) is 9.13. The maximum absolute atomic E-state index is 11.7. The van der Waals surface area contributed by atoms with Gasteiger partial charge in [0.25, 0.3) is 0 Å². The van der Waals surface area contributed by atoms with Gasteiger partial charge in [-0.1, -0.05) is 23.7 Å². The molecule has 5 heteroatoms. The summed E-state index contributed by atoms with van der Waals surface area (Å²) in [6.07, 6.45) is 1.17. The van der Waals surface area contributed by atoms with Gasteiger partial charge in [-0.3, -0.25) is 4.79 Å². The van der Waals surface area contributed by atoms with E-state index in [4.69, 9.17) is 11.6 Å². The number of rotatable bonds is 5. The molecule has 1 N–H and O–H groups in total. The van der Waals surface area contributed by atoms with Crippen LogP contribution in [0.2, 0.25) is 5.02 Å². The number of nitrogens with zero attached hydrogens (tertiary/aromatic N) is 1. The van der Waals surface area contributed by atoms with Crippen LogP contribution in [0.4, 0.5) is 0 Å². The van der Waals surface area contributed by atoms with E-state index in [1.807, 2.05) is 36.6 Å². The first-order valence-electron chi connectivity index (χ1n) is 6.05. The monoisotopic (exact) mass is 294 g/mol. The molecule has 0 atom stereocenters. The molecule has 19 heavy (non-hydrogen) atoms. The van der Waals surface area contributed by atoms with Crippen LogP contribution in [-0.4, -0.2) is 10.9 Å². The number of thiazole rings is 1. The Labute approximate surface area is 121 Å². The number of carbonyl (C=O) groups excluding carboxylic acids is 1. The van der Waals surface area contributed by atoms with Crippen molar-refractivity contribution in [3.8, 4) is 0 Å². The molecule has 1 aromatic carbocycles. The SMILES string of the molecule is Cc1csc(CCC(=O)NCc2ccc(Cl)cc2)n1. The molecule has 0 aliphatic carbocycles. The smallest absolute Gasteiger partial charge is 0.220 e. The highest BCUT2D eigenvalue weighted by Gasteiger charge is 2.04. The first-order valence-corrected chi connectivity index (χ1v) is 7.31. The second-order valence-corrected chi connectivity index (χ2v) is 5.66. The highest BCUT2D eigenvalue weighted by Crippen LogP contribution is 2.11. The number of aromatic nitrogens is 1. The van der Waals surface area contributed by atoms with E-state index < -0.39 is 0 Å². The Morgan fingerprint density at radius 1 is 1.37 bits per heavy atom. The van der Waals surface area contributed by atoms with Crippen molar-refractivity contribution >= 4 is 28.8 Å². The topological polar surface area (TPSA) is 42.0 Å². The molecular weight excluding hydrogens is 280 g/mol. The van der Waals surface area contributed by atoms with Crippen molar-refractivity contribution < 1.29 is 4.79 Å². The van der Waals surface area contributed by atoms with E-state index in [2.05, 4.69) is 10.3 Å². The van der Waals surface area contributed by atoms with Crippen LogP contribution in [0, 0.1) is 6.92 Å². The zero-order chi connectivity index (χ0) is 13.7. The molecule has 0 unspecified atom stereocenters. The molecule has 0 aliphatic heterocycles. The molecule has 1 heterocycles. The van der Waals surface area contributed by atoms with E-state index in [0.717, 1.165) is 16.3 Å². The minimum atomic E-state index is 0.0443. The molecule has 0 saturated carbocycles. The zero-order valence-corrected chi connectivity index (χ0v) is 12.2. The fourth-order valence-corrected chi connectivity index (χ4v) is 2.53. The van der Waals surface area contributed by atoms with Crippen LogP contribution in [0.5, 0.6) is 0 Å². The number of hydrogen-bond acceptors (Lipinski definition) is 3. The van der Waals surface area contributed by atoms with Crippen molar-refractivity contribution in [1.29, 1.82) is 0 Å². The van der Waals surface area contributed by atoms with Gasteiger partial charge in [0, 0.05) is 35.5 Å². The summed E-state index contributed by atoms with van der Waals surface area (Å²) < 4.78 is 0. The molecule has 3 nitrogen and oxygen atoms in total. The number of amides is 1. The molecule has 1 aromatic heterocycles.